The Bertz CT molecular complexity index is 526. The third-order valence-electron chi connectivity index (χ3n) is 3.10. The molecule has 3 N–H and O–H groups in total. The molecule has 20 heavy (non-hydrogen) atoms. The summed E-state index contributed by atoms with van der Waals surface area (Å²) in [6.45, 7) is 4.15. The molecule has 7 heteroatoms. The van der Waals surface area contributed by atoms with E-state index in [4.69, 9.17) is 5.73 Å². The van der Waals surface area contributed by atoms with Crippen molar-refractivity contribution in [2.45, 2.75) is 32.7 Å². The van der Waals surface area contributed by atoms with Gasteiger partial charge in [-0.1, -0.05) is 19.9 Å². The van der Waals surface area contributed by atoms with Gasteiger partial charge in [0, 0.05) is 11.8 Å². The van der Waals surface area contributed by atoms with E-state index in [9.17, 15) is 13.2 Å². The number of nitrogens with two attached hydrogens (primary N) is 1. The van der Waals surface area contributed by atoms with Gasteiger partial charge in [0.2, 0.25) is 0 Å². The van der Waals surface area contributed by atoms with Crippen LogP contribution in [0.15, 0.2) is 29.3 Å². The summed E-state index contributed by atoms with van der Waals surface area (Å²) in [7, 11) is 0. The third-order valence-corrected chi connectivity index (χ3v) is 3.10. The molecular weight excluding hydrogens is 271 g/mol. The van der Waals surface area contributed by atoms with Crippen molar-refractivity contribution in [1.29, 1.82) is 0 Å². The van der Waals surface area contributed by atoms with E-state index in [1.807, 2.05) is 0 Å². The molecule has 1 atom stereocenters. The Hall–Kier alpha value is -1.92. The van der Waals surface area contributed by atoms with E-state index in [1.54, 1.807) is 6.07 Å². The van der Waals surface area contributed by atoms with E-state index in [0.717, 1.165) is 6.42 Å². The lowest BCUT2D eigenvalue weighted by Gasteiger charge is -2.11. The zero-order valence-electron chi connectivity index (χ0n) is 11.2. The van der Waals surface area contributed by atoms with Gasteiger partial charge in [-0.2, -0.15) is 0 Å². The molecule has 110 valence electrons. The topological polar surface area (TPSA) is 59.6 Å². The van der Waals surface area contributed by atoms with Gasteiger partial charge in [0.1, 0.15) is 5.75 Å². The highest BCUT2D eigenvalue weighted by molar-refractivity contribution is 5.92. The van der Waals surface area contributed by atoms with Gasteiger partial charge in [0.05, 0.1) is 6.04 Å². The van der Waals surface area contributed by atoms with Gasteiger partial charge in [0.25, 0.3) is 0 Å². The van der Waals surface area contributed by atoms with Crippen molar-refractivity contribution in [3.63, 3.8) is 0 Å². The molecule has 1 fully saturated rings. The molecule has 0 aromatic heterocycles. The monoisotopic (exact) mass is 287 g/mol. The Morgan fingerprint density at radius 3 is 2.65 bits per heavy atom. The number of aliphatic imine (C=N–C) groups is 1. The number of anilines is 1. The van der Waals surface area contributed by atoms with Crippen LogP contribution in [0.5, 0.6) is 5.75 Å². The van der Waals surface area contributed by atoms with Crippen molar-refractivity contribution in [1.82, 2.24) is 0 Å². The molecule has 0 bridgehead atoms. The first kappa shape index (κ1) is 14.5. The summed E-state index contributed by atoms with van der Waals surface area (Å²) in [6, 6.07) is 5.62. The maximum atomic E-state index is 12.1. The van der Waals surface area contributed by atoms with Gasteiger partial charge in [-0.05, 0) is 24.0 Å². The fourth-order valence-electron chi connectivity index (χ4n) is 1.78. The van der Waals surface area contributed by atoms with Crippen molar-refractivity contribution < 1.29 is 17.9 Å². The average Bonchev–Trinajstić information content (AvgIpc) is 2.83. The summed E-state index contributed by atoms with van der Waals surface area (Å²) in [4.78, 5) is 4.26. The largest absolute Gasteiger partial charge is 0.573 e. The fraction of sp³-hybridized carbons (Fsp3) is 0.462. The Balaban J connectivity index is 2.01. The number of hydrogen-bond donors (Lipinski definition) is 2. The van der Waals surface area contributed by atoms with Crippen LogP contribution in [-0.2, 0) is 0 Å². The number of rotatable bonds is 3. The number of halogens is 3. The van der Waals surface area contributed by atoms with Gasteiger partial charge in [-0.15, -0.1) is 13.2 Å². The number of nitrogens with one attached hydrogen (secondary N) is 1. The first-order valence-electron chi connectivity index (χ1n) is 6.12. The van der Waals surface area contributed by atoms with Gasteiger partial charge in [-0.3, -0.25) is 0 Å². The Morgan fingerprint density at radius 2 is 2.10 bits per heavy atom. The van der Waals surface area contributed by atoms with Crippen molar-refractivity contribution in [3.8, 4) is 5.75 Å². The summed E-state index contributed by atoms with van der Waals surface area (Å²) < 4.78 is 40.2. The van der Waals surface area contributed by atoms with Crippen molar-refractivity contribution >= 4 is 11.6 Å². The molecule has 1 aliphatic rings. The molecule has 1 aromatic rings. The van der Waals surface area contributed by atoms with Crippen LogP contribution in [0.25, 0.3) is 0 Å². The first-order chi connectivity index (χ1) is 9.16. The second-order valence-corrected chi connectivity index (χ2v) is 5.42. The smallest absolute Gasteiger partial charge is 0.406 e. The van der Waals surface area contributed by atoms with Gasteiger partial charge in [-0.25, -0.2) is 4.99 Å². The molecule has 0 amide bonds. The molecule has 2 rings (SSSR count). The van der Waals surface area contributed by atoms with E-state index < -0.39 is 6.36 Å². The molecule has 0 aliphatic heterocycles. The Labute approximate surface area is 114 Å². The van der Waals surface area contributed by atoms with Gasteiger partial charge in [0.15, 0.2) is 5.96 Å². The minimum atomic E-state index is -4.71. The second-order valence-electron chi connectivity index (χ2n) is 5.42. The lowest BCUT2D eigenvalue weighted by atomic mass is 10.2. The molecular formula is C13H16F3N3O. The van der Waals surface area contributed by atoms with Crippen LogP contribution >= 0.6 is 0 Å². The maximum absolute atomic E-state index is 12.1. The van der Waals surface area contributed by atoms with E-state index in [2.05, 4.69) is 28.9 Å². The molecule has 1 aromatic carbocycles. The van der Waals surface area contributed by atoms with Crippen LogP contribution in [-0.4, -0.2) is 18.4 Å². The number of ether oxygens (including phenoxy) is 1. The molecule has 0 spiro atoms. The highest BCUT2D eigenvalue weighted by Crippen LogP contribution is 2.47. The summed E-state index contributed by atoms with van der Waals surface area (Å²) in [5.74, 6) is -0.119. The Kier molecular flexibility index (Phi) is 3.54. The number of nitrogens with zero attached hydrogens (tertiary/aromatic N) is 1. The van der Waals surface area contributed by atoms with Crippen LogP contribution in [0.3, 0.4) is 0 Å². The SMILES string of the molecule is CC1(C)C[C@@H]1N=C(N)Nc1cccc(OC(F)(F)F)c1. The zero-order chi connectivity index (χ0) is 15.0. The maximum Gasteiger partial charge on any atom is 0.573 e. The van der Waals surface area contributed by atoms with Crippen LogP contribution in [0.1, 0.15) is 20.3 Å². The molecule has 1 saturated carbocycles. The van der Waals surface area contributed by atoms with E-state index in [-0.39, 0.29) is 23.2 Å². The quantitative estimate of drug-likeness (QED) is 0.663. The van der Waals surface area contributed by atoms with Crippen molar-refractivity contribution in [3.05, 3.63) is 24.3 Å². The predicted molar refractivity (Wildman–Crippen MR) is 70.6 cm³/mol. The minimum Gasteiger partial charge on any atom is -0.406 e. The number of guanidine groups is 1. The van der Waals surface area contributed by atoms with Gasteiger partial charge >= 0.3 is 6.36 Å². The van der Waals surface area contributed by atoms with Crippen molar-refractivity contribution in [2.24, 2.45) is 16.1 Å². The fourth-order valence-corrected chi connectivity index (χ4v) is 1.78. The summed E-state index contributed by atoms with van der Waals surface area (Å²) in [5, 5.41) is 2.76. The van der Waals surface area contributed by atoms with E-state index >= 15 is 0 Å². The van der Waals surface area contributed by atoms with Crippen molar-refractivity contribution in [2.75, 3.05) is 5.32 Å². The third kappa shape index (κ3) is 4.04. The molecule has 4 nitrogen and oxygen atoms in total. The normalized spacial score (nSPS) is 21.4. The number of benzene rings is 1. The number of hydrogen-bond acceptors (Lipinski definition) is 2. The molecule has 0 radical (unpaired) electrons. The molecule has 1 aliphatic carbocycles. The predicted octanol–water partition coefficient (Wildman–Crippen LogP) is 3.11. The summed E-state index contributed by atoms with van der Waals surface area (Å²) in [6.07, 6.45) is -3.76. The van der Waals surface area contributed by atoms with Gasteiger partial charge < -0.3 is 15.8 Å². The summed E-state index contributed by atoms with van der Waals surface area (Å²) in [5.41, 5.74) is 6.26. The molecule has 0 saturated heterocycles. The molecule has 0 unspecified atom stereocenters. The standard InChI is InChI=1S/C13H16F3N3O/c1-12(2)7-10(12)19-11(17)18-8-4-3-5-9(6-8)20-13(14,15)16/h3-6,10H,7H2,1-2H3,(H3,17,18,19)/t10-/m0/s1. The highest BCUT2D eigenvalue weighted by Gasteiger charge is 2.45. The summed E-state index contributed by atoms with van der Waals surface area (Å²) >= 11 is 0. The average molecular weight is 287 g/mol. The molecule has 0 heterocycles. The van der Waals surface area contributed by atoms with Crippen LogP contribution in [0.4, 0.5) is 18.9 Å². The first-order valence-corrected chi connectivity index (χ1v) is 6.12. The highest BCUT2D eigenvalue weighted by atomic mass is 19.4. The minimum absolute atomic E-state index is 0.146. The van der Waals surface area contributed by atoms with E-state index in [0.29, 0.717) is 5.69 Å². The van der Waals surface area contributed by atoms with Crippen LogP contribution < -0.4 is 15.8 Å². The van der Waals surface area contributed by atoms with Crippen LogP contribution in [0, 0.1) is 5.41 Å². The second kappa shape index (κ2) is 4.88. The Morgan fingerprint density at radius 1 is 1.45 bits per heavy atom. The number of alkyl halides is 3. The lowest BCUT2D eigenvalue weighted by molar-refractivity contribution is -0.274. The lowest BCUT2D eigenvalue weighted by Crippen LogP contribution is -2.23. The van der Waals surface area contributed by atoms with E-state index in [1.165, 1.54) is 18.2 Å². The zero-order valence-corrected chi connectivity index (χ0v) is 11.2. The van der Waals surface area contributed by atoms with Crippen LogP contribution in [0.2, 0.25) is 0 Å².